The van der Waals surface area contributed by atoms with Gasteiger partial charge in [0.2, 0.25) is 0 Å². The van der Waals surface area contributed by atoms with Crippen LogP contribution in [0.2, 0.25) is 0 Å². The molecule has 0 saturated heterocycles. The molecule has 0 saturated carbocycles. The number of amides is 2. The van der Waals surface area contributed by atoms with Gasteiger partial charge in [0.1, 0.15) is 12.2 Å². The zero-order chi connectivity index (χ0) is 38.5. The molecule has 0 radical (unpaired) electrons. The first-order valence-corrected chi connectivity index (χ1v) is 20.8. The van der Waals surface area contributed by atoms with Crippen molar-refractivity contribution in [1.82, 2.24) is 15.5 Å². The molecule has 3 N–H and O–H groups in total. The third-order valence-electron chi connectivity index (χ3n) is 9.10. The minimum atomic E-state index is -0.395. The van der Waals surface area contributed by atoms with Gasteiger partial charge < -0.3 is 34.7 Å². The van der Waals surface area contributed by atoms with Crippen LogP contribution in [0.4, 0.5) is 9.59 Å². The summed E-state index contributed by atoms with van der Waals surface area (Å²) >= 11 is 0. The second-order valence-electron chi connectivity index (χ2n) is 13.8. The molecule has 12 nitrogen and oxygen atoms in total. The fraction of sp³-hybridized carbons (Fsp3) is 0.900. The topological polar surface area (TPSA) is 153 Å². The molecule has 0 fully saturated rings. The van der Waals surface area contributed by atoms with E-state index in [0.717, 1.165) is 38.5 Å². The number of aliphatic hydroxyl groups excluding tert-OH is 1. The molecular weight excluding hydrogens is 666 g/mol. The molecule has 306 valence electrons. The van der Waals surface area contributed by atoms with Gasteiger partial charge in [0, 0.05) is 32.7 Å². The quantitative estimate of drug-likeness (QED) is 0.0325. The summed E-state index contributed by atoms with van der Waals surface area (Å²) in [5.41, 5.74) is 0. The largest absolute Gasteiger partial charge is 0.466 e. The van der Waals surface area contributed by atoms with Crippen LogP contribution < -0.4 is 10.6 Å². The van der Waals surface area contributed by atoms with Crippen molar-refractivity contribution in [3.63, 3.8) is 0 Å². The summed E-state index contributed by atoms with van der Waals surface area (Å²) in [4.78, 5) is 50.6. The van der Waals surface area contributed by atoms with E-state index >= 15 is 0 Å². The monoisotopic (exact) mass is 744 g/mol. The van der Waals surface area contributed by atoms with E-state index in [-0.39, 0.29) is 56.8 Å². The zero-order valence-corrected chi connectivity index (χ0v) is 33.5. The first kappa shape index (κ1) is 49.4. The van der Waals surface area contributed by atoms with Crippen LogP contribution in [0, 0.1) is 0 Å². The second kappa shape index (κ2) is 36.7. The molecule has 2 unspecified atom stereocenters. The van der Waals surface area contributed by atoms with Crippen LogP contribution in [0.5, 0.6) is 0 Å². The molecule has 0 aliphatic carbocycles. The number of carbonyl (C=O) groups is 4. The normalized spacial score (nSPS) is 12.3. The standard InChI is InChI=1S/C40H77N3O9/c1-5-9-11-13-15-17-23-35(7-3)51-39(47)41-27-19-21-33-49-37(45)25-29-43(31-32-44)30-26-38(46)50-34-22-20-28-42-40(48)52-36(8-4)24-18-16-14-12-10-6-2/h35-36,44H,5-34H2,1-4H3,(H,41,47)(H,42,48). The summed E-state index contributed by atoms with van der Waals surface area (Å²) in [7, 11) is 0. The number of aliphatic hydroxyl groups is 1. The summed E-state index contributed by atoms with van der Waals surface area (Å²) in [6, 6.07) is 0. The van der Waals surface area contributed by atoms with Crippen LogP contribution in [0.25, 0.3) is 0 Å². The average Bonchev–Trinajstić information content (AvgIpc) is 3.13. The molecule has 12 heteroatoms. The van der Waals surface area contributed by atoms with Crippen LogP contribution in [0.15, 0.2) is 0 Å². The molecule has 2 amide bonds. The van der Waals surface area contributed by atoms with Crippen molar-refractivity contribution in [1.29, 1.82) is 0 Å². The molecule has 0 aromatic rings. The molecule has 0 rings (SSSR count). The zero-order valence-electron chi connectivity index (χ0n) is 33.5. The Kier molecular flexibility index (Phi) is 34.9. The maximum absolute atomic E-state index is 12.2. The number of alkyl carbamates (subject to hydrolysis) is 2. The minimum absolute atomic E-state index is 0.0564. The van der Waals surface area contributed by atoms with E-state index in [1.807, 2.05) is 18.7 Å². The Morgan fingerprint density at radius 2 is 0.942 bits per heavy atom. The number of ether oxygens (including phenoxy) is 4. The van der Waals surface area contributed by atoms with Crippen LogP contribution in [0.3, 0.4) is 0 Å². The van der Waals surface area contributed by atoms with Gasteiger partial charge in [-0.3, -0.25) is 14.5 Å². The third-order valence-corrected chi connectivity index (χ3v) is 9.10. The summed E-state index contributed by atoms with van der Waals surface area (Å²) < 4.78 is 21.7. The van der Waals surface area contributed by atoms with Gasteiger partial charge in [0.05, 0.1) is 32.7 Å². The molecule has 0 heterocycles. The van der Waals surface area contributed by atoms with Gasteiger partial charge in [0.15, 0.2) is 0 Å². The molecule has 0 bridgehead atoms. The van der Waals surface area contributed by atoms with Crippen LogP contribution in [-0.4, -0.2) is 98.9 Å². The Morgan fingerprint density at radius 3 is 1.33 bits per heavy atom. The van der Waals surface area contributed by atoms with Gasteiger partial charge in [0.25, 0.3) is 0 Å². The SMILES string of the molecule is CCCCCCCCC(CC)OC(=O)NCCCCOC(=O)CCN(CCO)CCC(=O)OCCCCNC(=O)OC(CC)CCCCCCCC. The van der Waals surface area contributed by atoms with Crippen molar-refractivity contribution in [2.24, 2.45) is 0 Å². The Hall–Kier alpha value is -2.60. The number of unbranched alkanes of at least 4 members (excludes halogenated alkanes) is 12. The number of nitrogens with one attached hydrogen (secondary N) is 2. The number of esters is 2. The predicted octanol–water partition coefficient (Wildman–Crippen LogP) is 8.22. The highest BCUT2D eigenvalue weighted by Crippen LogP contribution is 2.14. The number of rotatable bonds is 36. The van der Waals surface area contributed by atoms with E-state index in [1.54, 1.807) is 0 Å². The molecule has 52 heavy (non-hydrogen) atoms. The van der Waals surface area contributed by atoms with Crippen LogP contribution >= 0.6 is 0 Å². The van der Waals surface area contributed by atoms with Gasteiger partial charge in [-0.25, -0.2) is 9.59 Å². The lowest BCUT2D eigenvalue weighted by Gasteiger charge is -2.20. The van der Waals surface area contributed by atoms with Crippen molar-refractivity contribution >= 4 is 24.1 Å². The fourth-order valence-electron chi connectivity index (χ4n) is 5.71. The number of hydrogen-bond acceptors (Lipinski definition) is 10. The average molecular weight is 744 g/mol. The van der Waals surface area contributed by atoms with Crippen molar-refractivity contribution in [2.45, 2.75) is 181 Å². The summed E-state index contributed by atoms with van der Waals surface area (Å²) in [6.07, 6.45) is 19.9. The third kappa shape index (κ3) is 32.1. The summed E-state index contributed by atoms with van der Waals surface area (Å²) in [6.45, 7) is 10.9. The lowest BCUT2D eigenvalue weighted by Crippen LogP contribution is -2.32. The number of carbonyl (C=O) groups excluding carboxylic acids is 4. The molecule has 0 aliphatic rings. The highest BCUT2D eigenvalue weighted by Gasteiger charge is 2.15. The maximum Gasteiger partial charge on any atom is 0.407 e. The number of nitrogens with zero attached hydrogens (tertiary/aromatic N) is 1. The van der Waals surface area contributed by atoms with E-state index in [1.165, 1.54) is 64.2 Å². The molecule has 0 aromatic carbocycles. The van der Waals surface area contributed by atoms with Gasteiger partial charge in [-0.15, -0.1) is 0 Å². The molecule has 2 atom stereocenters. The predicted molar refractivity (Wildman–Crippen MR) is 206 cm³/mol. The van der Waals surface area contributed by atoms with Crippen LogP contribution in [-0.2, 0) is 28.5 Å². The molecular formula is C40H77N3O9. The van der Waals surface area contributed by atoms with Gasteiger partial charge in [-0.05, 0) is 64.2 Å². The lowest BCUT2D eigenvalue weighted by atomic mass is 10.1. The van der Waals surface area contributed by atoms with Crippen LogP contribution in [0.1, 0.15) is 169 Å². The highest BCUT2D eigenvalue weighted by molar-refractivity contribution is 5.70. The first-order valence-electron chi connectivity index (χ1n) is 20.8. The molecule has 0 aromatic heterocycles. The summed E-state index contributed by atoms with van der Waals surface area (Å²) in [5, 5.41) is 15.0. The van der Waals surface area contributed by atoms with Crippen molar-refractivity contribution in [2.75, 3.05) is 52.5 Å². The van der Waals surface area contributed by atoms with E-state index in [9.17, 15) is 24.3 Å². The smallest absolute Gasteiger partial charge is 0.407 e. The summed E-state index contributed by atoms with van der Waals surface area (Å²) in [5.74, 6) is -0.697. The molecule has 0 spiro atoms. The highest BCUT2D eigenvalue weighted by atomic mass is 16.6. The van der Waals surface area contributed by atoms with E-state index in [2.05, 4.69) is 24.5 Å². The Labute approximate surface area is 316 Å². The fourth-order valence-corrected chi connectivity index (χ4v) is 5.71. The van der Waals surface area contributed by atoms with E-state index in [4.69, 9.17) is 18.9 Å². The Balaban J connectivity index is 3.95. The second-order valence-corrected chi connectivity index (χ2v) is 13.8. The van der Waals surface area contributed by atoms with E-state index in [0.29, 0.717) is 58.4 Å². The van der Waals surface area contributed by atoms with Crippen molar-refractivity contribution in [3.05, 3.63) is 0 Å². The minimum Gasteiger partial charge on any atom is -0.466 e. The first-order chi connectivity index (χ1) is 25.3. The Bertz CT molecular complexity index is 811. The number of hydrogen-bond donors (Lipinski definition) is 3. The van der Waals surface area contributed by atoms with Crippen molar-refractivity contribution in [3.8, 4) is 0 Å². The molecule has 0 aliphatic heterocycles. The van der Waals surface area contributed by atoms with Gasteiger partial charge >= 0.3 is 24.1 Å². The van der Waals surface area contributed by atoms with Gasteiger partial charge in [-0.2, -0.15) is 0 Å². The maximum atomic E-state index is 12.2. The van der Waals surface area contributed by atoms with E-state index < -0.39 is 12.2 Å². The van der Waals surface area contributed by atoms with Crippen molar-refractivity contribution < 1.29 is 43.2 Å². The lowest BCUT2D eigenvalue weighted by molar-refractivity contribution is -0.144. The van der Waals surface area contributed by atoms with Gasteiger partial charge in [-0.1, -0.05) is 91.9 Å². The Morgan fingerprint density at radius 1 is 0.538 bits per heavy atom.